The number of halogens is 1. The molecule has 2 heterocycles. The molecule has 0 aliphatic carbocycles. The lowest BCUT2D eigenvalue weighted by atomic mass is 9.93. The number of rotatable bonds is 8. The molecule has 0 spiro atoms. The molecule has 2 atom stereocenters. The number of nitrogens with zero attached hydrogens (tertiary/aromatic N) is 5. The number of nitrogens with one attached hydrogen (secondary N) is 2. The number of aromatic nitrogens is 2. The van der Waals surface area contributed by atoms with Gasteiger partial charge in [-0.1, -0.05) is 19.1 Å². The maximum Gasteiger partial charge on any atom is 0.251 e. The van der Waals surface area contributed by atoms with Crippen LogP contribution in [-0.4, -0.2) is 78.0 Å². The third kappa shape index (κ3) is 7.99. The van der Waals surface area contributed by atoms with Crippen LogP contribution in [0.4, 0.5) is 0 Å². The van der Waals surface area contributed by atoms with Crippen LogP contribution in [0.25, 0.3) is 0 Å². The predicted molar refractivity (Wildman–Crippen MR) is 144 cm³/mol. The fraction of sp³-hybridized carbons (Fsp3) is 0.542. The van der Waals surface area contributed by atoms with E-state index in [9.17, 15) is 4.79 Å². The molecule has 9 heteroatoms. The van der Waals surface area contributed by atoms with E-state index in [4.69, 9.17) is 4.99 Å². The molecule has 0 bridgehead atoms. The zero-order valence-electron chi connectivity index (χ0n) is 20.2. The second kappa shape index (κ2) is 13.5. The predicted octanol–water partition coefficient (Wildman–Crippen LogP) is 2.84. The Balaban J connectivity index is 0.00000385. The van der Waals surface area contributed by atoms with Gasteiger partial charge in [0.2, 0.25) is 0 Å². The van der Waals surface area contributed by atoms with E-state index >= 15 is 0 Å². The van der Waals surface area contributed by atoms with Crippen molar-refractivity contribution < 1.29 is 4.79 Å². The molecule has 182 valence electrons. The number of carbonyl (C=O) groups is 1. The van der Waals surface area contributed by atoms with Crippen molar-refractivity contribution in [1.29, 1.82) is 0 Å². The van der Waals surface area contributed by atoms with Gasteiger partial charge in [-0.2, -0.15) is 0 Å². The smallest absolute Gasteiger partial charge is 0.251 e. The lowest BCUT2D eigenvalue weighted by Gasteiger charge is -2.39. The Labute approximate surface area is 214 Å². The second-order valence-corrected chi connectivity index (χ2v) is 8.72. The maximum absolute atomic E-state index is 12.5. The Morgan fingerprint density at radius 3 is 2.82 bits per heavy atom. The highest BCUT2D eigenvalue weighted by molar-refractivity contribution is 14.0. The van der Waals surface area contributed by atoms with Crippen LogP contribution in [-0.2, 0) is 6.54 Å². The molecule has 33 heavy (non-hydrogen) atoms. The average molecular weight is 568 g/mol. The van der Waals surface area contributed by atoms with E-state index < -0.39 is 0 Å². The summed E-state index contributed by atoms with van der Waals surface area (Å²) in [5.41, 5.74) is 1.70. The van der Waals surface area contributed by atoms with Gasteiger partial charge in [0.1, 0.15) is 0 Å². The van der Waals surface area contributed by atoms with Gasteiger partial charge < -0.3 is 25.0 Å². The first-order valence-corrected chi connectivity index (χ1v) is 11.5. The van der Waals surface area contributed by atoms with Crippen LogP contribution in [0.1, 0.15) is 42.2 Å². The standard InChI is InChI=1S/C24H37N7O.HI/c1-5-26-24(30-12-9-19(2)22(17-30)31-14-10-25-18-31)28-16-20-7-6-8-21(15-20)23(32)27-11-13-29(3)4;/h6-8,10,14-15,18-19,22H,5,9,11-13,16-17H2,1-4H3,(H,26,28)(H,27,32);1H. The highest BCUT2D eigenvalue weighted by Crippen LogP contribution is 2.27. The minimum absolute atomic E-state index is 0. The van der Waals surface area contributed by atoms with Gasteiger partial charge in [-0.3, -0.25) is 4.79 Å². The SMILES string of the molecule is CCNC(=NCc1cccc(C(=O)NCCN(C)C)c1)N1CCC(C)C(n2ccnc2)C1.I. The van der Waals surface area contributed by atoms with Crippen molar-refractivity contribution in [1.82, 2.24) is 30.0 Å². The quantitative estimate of drug-likeness (QED) is 0.292. The highest BCUT2D eigenvalue weighted by Gasteiger charge is 2.28. The van der Waals surface area contributed by atoms with E-state index in [1.165, 1.54) is 0 Å². The van der Waals surface area contributed by atoms with Crippen molar-refractivity contribution in [2.24, 2.45) is 10.9 Å². The monoisotopic (exact) mass is 567 g/mol. The number of benzene rings is 1. The lowest BCUT2D eigenvalue weighted by Crippen LogP contribution is -2.49. The van der Waals surface area contributed by atoms with E-state index in [1.54, 1.807) is 0 Å². The van der Waals surface area contributed by atoms with Crippen molar-refractivity contribution in [3.05, 3.63) is 54.1 Å². The summed E-state index contributed by atoms with van der Waals surface area (Å²) in [6, 6.07) is 8.12. The number of guanidine groups is 1. The van der Waals surface area contributed by atoms with Crippen LogP contribution in [0.3, 0.4) is 0 Å². The third-order valence-electron chi connectivity index (χ3n) is 5.91. The molecule has 1 aromatic carbocycles. The zero-order chi connectivity index (χ0) is 22.9. The Hall–Kier alpha value is -2.14. The first-order chi connectivity index (χ1) is 15.5. The van der Waals surface area contributed by atoms with E-state index in [-0.39, 0.29) is 29.9 Å². The summed E-state index contributed by atoms with van der Waals surface area (Å²) < 4.78 is 2.21. The van der Waals surface area contributed by atoms with Crippen molar-refractivity contribution >= 4 is 35.8 Å². The summed E-state index contributed by atoms with van der Waals surface area (Å²) in [6.45, 7) is 9.07. The highest BCUT2D eigenvalue weighted by atomic mass is 127. The largest absolute Gasteiger partial charge is 0.357 e. The van der Waals surface area contributed by atoms with Crippen LogP contribution < -0.4 is 10.6 Å². The molecule has 0 radical (unpaired) electrons. The average Bonchev–Trinajstić information content (AvgIpc) is 3.32. The van der Waals surface area contributed by atoms with Gasteiger partial charge in [0.15, 0.2) is 5.96 Å². The van der Waals surface area contributed by atoms with Crippen LogP contribution >= 0.6 is 24.0 Å². The number of imidazole rings is 1. The van der Waals surface area contributed by atoms with Gasteiger partial charge in [0, 0.05) is 50.7 Å². The molecule has 2 unspecified atom stereocenters. The minimum Gasteiger partial charge on any atom is -0.357 e. The van der Waals surface area contributed by atoms with Crippen LogP contribution in [0.5, 0.6) is 0 Å². The molecule has 0 saturated carbocycles. The summed E-state index contributed by atoms with van der Waals surface area (Å²) in [7, 11) is 3.99. The number of hydrogen-bond acceptors (Lipinski definition) is 4. The fourth-order valence-electron chi connectivity index (χ4n) is 3.99. The maximum atomic E-state index is 12.5. The zero-order valence-corrected chi connectivity index (χ0v) is 22.5. The molecule has 2 aromatic rings. The fourth-order valence-corrected chi connectivity index (χ4v) is 3.99. The summed E-state index contributed by atoms with van der Waals surface area (Å²) in [4.78, 5) is 26.0. The summed E-state index contributed by atoms with van der Waals surface area (Å²) in [5, 5.41) is 6.42. The minimum atomic E-state index is -0.0437. The molecule has 8 nitrogen and oxygen atoms in total. The Bertz CT molecular complexity index is 885. The molecule has 3 rings (SSSR count). The molecular formula is C24H38IN7O. The van der Waals surface area contributed by atoms with Gasteiger partial charge in [-0.05, 0) is 51.1 Å². The summed E-state index contributed by atoms with van der Waals surface area (Å²) >= 11 is 0. The number of hydrogen-bond donors (Lipinski definition) is 2. The molecule has 1 aliphatic rings. The third-order valence-corrected chi connectivity index (χ3v) is 5.91. The number of amides is 1. The molecule has 1 aliphatic heterocycles. The number of aliphatic imine (C=N–C) groups is 1. The van der Waals surface area contributed by atoms with Crippen molar-refractivity contribution in [2.75, 3.05) is 46.8 Å². The Morgan fingerprint density at radius 2 is 2.12 bits per heavy atom. The molecule has 1 saturated heterocycles. The van der Waals surface area contributed by atoms with Gasteiger partial charge in [-0.25, -0.2) is 9.98 Å². The molecular weight excluding hydrogens is 529 g/mol. The van der Waals surface area contributed by atoms with E-state index in [2.05, 4.69) is 38.9 Å². The number of likely N-dealkylation sites (N-methyl/N-ethyl adjacent to an activating group) is 1. The van der Waals surface area contributed by atoms with Gasteiger partial charge >= 0.3 is 0 Å². The van der Waals surface area contributed by atoms with E-state index in [0.29, 0.717) is 30.6 Å². The number of carbonyl (C=O) groups excluding carboxylic acids is 1. The summed E-state index contributed by atoms with van der Waals surface area (Å²) in [6.07, 6.45) is 6.90. The number of piperidine rings is 1. The van der Waals surface area contributed by atoms with Gasteiger partial charge in [-0.15, -0.1) is 24.0 Å². The Morgan fingerprint density at radius 1 is 1.30 bits per heavy atom. The van der Waals surface area contributed by atoms with E-state index in [0.717, 1.165) is 44.1 Å². The molecule has 2 N–H and O–H groups in total. The first kappa shape index (κ1) is 27.1. The van der Waals surface area contributed by atoms with Gasteiger partial charge in [0.05, 0.1) is 18.9 Å². The molecule has 1 aromatic heterocycles. The van der Waals surface area contributed by atoms with Crippen molar-refractivity contribution in [2.45, 2.75) is 32.9 Å². The summed E-state index contributed by atoms with van der Waals surface area (Å²) in [5.74, 6) is 1.47. The second-order valence-electron chi connectivity index (χ2n) is 8.72. The van der Waals surface area contributed by atoms with Gasteiger partial charge in [0.25, 0.3) is 5.91 Å². The molecule has 1 fully saturated rings. The van der Waals surface area contributed by atoms with Crippen LogP contribution in [0.2, 0.25) is 0 Å². The molecule has 1 amide bonds. The van der Waals surface area contributed by atoms with E-state index in [1.807, 2.05) is 62.0 Å². The first-order valence-electron chi connectivity index (χ1n) is 11.5. The van der Waals surface area contributed by atoms with Crippen molar-refractivity contribution in [3.63, 3.8) is 0 Å². The van der Waals surface area contributed by atoms with Crippen molar-refractivity contribution in [3.8, 4) is 0 Å². The van der Waals surface area contributed by atoms with Crippen LogP contribution in [0.15, 0.2) is 48.0 Å². The normalized spacial score (nSPS) is 18.7. The topological polar surface area (TPSA) is 77.8 Å². The van der Waals surface area contributed by atoms with Crippen LogP contribution in [0, 0.1) is 5.92 Å². The number of likely N-dealkylation sites (tertiary alicyclic amines) is 1. The Kier molecular flexibility index (Phi) is 11.1. The lowest BCUT2D eigenvalue weighted by molar-refractivity contribution is 0.0951.